The maximum absolute atomic E-state index is 13.5. The molecule has 0 bridgehead atoms. The fourth-order valence-electron chi connectivity index (χ4n) is 5.89. The van der Waals surface area contributed by atoms with Gasteiger partial charge in [-0.25, -0.2) is 8.42 Å². The highest BCUT2D eigenvalue weighted by molar-refractivity contribution is 7.89. The van der Waals surface area contributed by atoms with Gasteiger partial charge in [-0.1, -0.05) is 19.9 Å². The smallest absolute Gasteiger partial charge is 0.325 e. The Morgan fingerprint density at radius 2 is 1.60 bits per heavy atom. The zero-order valence-electron chi connectivity index (χ0n) is 29.3. The topological polar surface area (TPSA) is 153 Å². The van der Waals surface area contributed by atoms with Crippen LogP contribution in [0.25, 0.3) is 0 Å². The molecule has 0 aliphatic heterocycles. The number of pyridine rings is 1. The average molecular weight is 687 g/mol. The van der Waals surface area contributed by atoms with Crippen molar-refractivity contribution in [2.45, 2.75) is 116 Å². The van der Waals surface area contributed by atoms with Gasteiger partial charge in [0, 0.05) is 37.3 Å². The number of amides is 2. The third-order valence-electron chi connectivity index (χ3n) is 8.41. The molecule has 0 spiro atoms. The monoisotopic (exact) mass is 686 g/mol. The Hall–Kier alpha value is -3.51. The third kappa shape index (κ3) is 12.8. The molecule has 1 unspecified atom stereocenters. The number of hydrogen-bond donors (Lipinski definition) is 3. The van der Waals surface area contributed by atoms with Crippen LogP contribution in [0.3, 0.4) is 0 Å². The Kier molecular flexibility index (Phi) is 15.8. The van der Waals surface area contributed by atoms with Crippen molar-refractivity contribution in [1.82, 2.24) is 20.3 Å². The summed E-state index contributed by atoms with van der Waals surface area (Å²) in [4.78, 5) is 42.0. The quantitative estimate of drug-likeness (QED) is 0.135. The molecule has 12 heteroatoms. The van der Waals surface area contributed by atoms with E-state index < -0.39 is 22.0 Å². The summed E-state index contributed by atoms with van der Waals surface area (Å²) in [5, 5.41) is 5.59. The van der Waals surface area contributed by atoms with E-state index in [0.717, 1.165) is 44.2 Å². The molecule has 2 amide bonds. The first kappa shape index (κ1) is 38.9. The highest BCUT2D eigenvalue weighted by Gasteiger charge is 2.29. The number of nitrogens with zero attached hydrogens (tertiary/aromatic N) is 1. The van der Waals surface area contributed by atoms with Gasteiger partial charge in [-0.05, 0) is 119 Å². The first-order chi connectivity index (χ1) is 22.9. The molecule has 0 saturated carbocycles. The number of rotatable bonds is 20. The number of esters is 1. The van der Waals surface area contributed by atoms with E-state index in [0.29, 0.717) is 55.2 Å². The number of aryl methyl sites for hydroxylation is 5. The molecule has 11 nitrogen and oxygen atoms in total. The highest BCUT2D eigenvalue weighted by Crippen LogP contribution is 2.26. The second-order valence-corrected chi connectivity index (χ2v) is 14.7. The first-order valence-electron chi connectivity index (χ1n) is 17.2. The van der Waals surface area contributed by atoms with Crippen LogP contribution < -0.4 is 20.1 Å². The zero-order chi connectivity index (χ0) is 35.1. The Morgan fingerprint density at radius 3 is 2.31 bits per heavy atom. The van der Waals surface area contributed by atoms with Gasteiger partial charge in [0.05, 0.1) is 18.6 Å². The maximum atomic E-state index is 13.5. The van der Waals surface area contributed by atoms with Crippen molar-refractivity contribution in [2.24, 2.45) is 5.92 Å². The van der Waals surface area contributed by atoms with E-state index in [2.05, 4.69) is 41.3 Å². The highest BCUT2D eigenvalue weighted by atomic mass is 32.2. The van der Waals surface area contributed by atoms with Gasteiger partial charge in [0.1, 0.15) is 11.8 Å². The summed E-state index contributed by atoms with van der Waals surface area (Å²) in [7, 11) is -3.00. The predicted molar refractivity (Wildman–Crippen MR) is 185 cm³/mol. The van der Waals surface area contributed by atoms with E-state index >= 15 is 0 Å². The minimum atomic E-state index is -4.17. The lowest BCUT2D eigenvalue weighted by Crippen LogP contribution is -2.49. The van der Waals surface area contributed by atoms with Crippen molar-refractivity contribution in [3.05, 3.63) is 52.3 Å². The Morgan fingerprint density at radius 1 is 0.917 bits per heavy atom. The molecule has 3 rings (SSSR count). The third-order valence-corrected chi connectivity index (χ3v) is 10.2. The number of ether oxygens (including phenoxy) is 2. The summed E-state index contributed by atoms with van der Waals surface area (Å²) in [6.07, 6.45) is 9.84. The summed E-state index contributed by atoms with van der Waals surface area (Å²) in [6, 6.07) is 6.16. The van der Waals surface area contributed by atoms with Crippen LogP contribution in [0.4, 0.5) is 0 Å². The average Bonchev–Trinajstić information content (AvgIpc) is 3.04. The van der Waals surface area contributed by atoms with Gasteiger partial charge >= 0.3 is 5.97 Å². The van der Waals surface area contributed by atoms with Gasteiger partial charge in [-0.2, -0.15) is 4.72 Å². The van der Waals surface area contributed by atoms with Crippen LogP contribution in [-0.4, -0.2) is 64.0 Å². The lowest BCUT2D eigenvalue weighted by Gasteiger charge is -2.20. The molecule has 266 valence electrons. The van der Waals surface area contributed by atoms with Crippen LogP contribution in [0.15, 0.2) is 29.2 Å². The second kappa shape index (κ2) is 19.5. The largest absolute Gasteiger partial charge is 0.494 e. The van der Waals surface area contributed by atoms with Crippen molar-refractivity contribution >= 4 is 27.8 Å². The number of methoxy groups -OCH3 is 1. The predicted octanol–water partition coefficient (Wildman–Crippen LogP) is 4.64. The van der Waals surface area contributed by atoms with Crippen LogP contribution >= 0.6 is 0 Å². The maximum Gasteiger partial charge on any atom is 0.325 e. The summed E-state index contributed by atoms with van der Waals surface area (Å²) in [5.74, 6) is -0.0108. The number of nitrogens with one attached hydrogen (secondary N) is 3. The zero-order valence-corrected chi connectivity index (χ0v) is 30.1. The SMILES string of the molecule is COC(=O)C(CNC(=O)CCCCc1ccc2c(n1)CCCC2)NS(=O)(=O)c1c(C)cc(OCCCC(=O)NCCCC(C)C)cc1C. The van der Waals surface area contributed by atoms with Gasteiger partial charge in [0.15, 0.2) is 0 Å². The number of benzene rings is 1. The van der Waals surface area contributed by atoms with Gasteiger partial charge in [-0.3, -0.25) is 19.4 Å². The Bertz CT molecular complexity index is 1470. The number of carbonyl (C=O) groups is 3. The molecule has 1 aliphatic carbocycles. The van der Waals surface area contributed by atoms with Crippen molar-refractivity contribution < 1.29 is 32.3 Å². The van der Waals surface area contributed by atoms with Crippen LogP contribution in [-0.2, 0) is 48.4 Å². The number of carbonyl (C=O) groups excluding carboxylic acids is 3. The van der Waals surface area contributed by atoms with Crippen LogP contribution in [0.2, 0.25) is 0 Å². The lowest BCUT2D eigenvalue weighted by atomic mass is 9.95. The molecule has 48 heavy (non-hydrogen) atoms. The van der Waals surface area contributed by atoms with E-state index in [9.17, 15) is 22.8 Å². The summed E-state index contributed by atoms with van der Waals surface area (Å²) < 4.78 is 40.0. The molecular formula is C36H54N4O7S. The molecule has 0 radical (unpaired) electrons. The number of hydrogen-bond acceptors (Lipinski definition) is 8. The lowest BCUT2D eigenvalue weighted by molar-refractivity contribution is -0.142. The number of aromatic nitrogens is 1. The summed E-state index contributed by atoms with van der Waals surface area (Å²) in [5.41, 5.74) is 4.44. The minimum Gasteiger partial charge on any atom is -0.494 e. The van der Waals surface area contributed by atoms with Gasteiger partial charge in [0.25, 0.3) is 0 Å². The van der Waals surface area contributed by atoms with Crippen molar-refractivity contribution in [3.63, 3.8) is 0 Å². The number of fused-ring (bicyclic) bond motifs is 1. The number of sulfonamides is 1. The molecule has 0 saturated heterocycles. The second-order valence-electron chi connectivity index (χ2n) is 13.0. The number of unbranched alkanes of at least 4 members (excludes halogenated alkanes) is 1. The Balaban J connectivity index is 1.46. The van der Waals surface area contributed by atoms with Crippen LogP contribution in [0.1, 0.15) is 99.7 Å². The van der Waals surface area contributed by atoms with E-state index in [1.807, 2.05) is 0 Å². The Labute approximate surface area is 286 Å². The minimum absolute atomic E-state index is 0.0168. The molecule has 1 aromatic heterocycles. The molecule has 1 heterocycles. The van der Waals surface area contributed by atoms with Gasteiger partial charge in [-0.15, -0.1) is 0 Å². The summed E-state index contributed by atoms with van der Waals surface area (Å²) >= 11 is 0. The van der Waals surface area contributed by atoms with Crippen LogP contribution in [0.5, 0.6) is 5.75 Å². The molecule has 1 aromatic carbocycles. The summed E-state index contributed by atoms with van der Waals surface area (Å²) in [6.45, 7) is 8.32. The van der Waals surface area contributed by atoms with E-state index in [1.165, 1.54) is 31.2 Å². The first-order valence-corrected chi connectivity index (χ1v) is 18.7. The molecular weight excluding hydrogens is 632 g/mol. The van der Waals surface area contributed by atoms with Crippen molar-refractivity contribution in [1.29, 1.82) is 0 Å². The van der Waals surface area contributed by atoms with Crippen molar-refractivity contribution in [2.75, 3.05) is 26.8 Å². The molecule has 1 aliphatic rings. The van der Waals surface area contributed by atoms with E-state index in [-0.39, 0.29) is 29.7 Å². The fourth-order valence-corrected chi connectivity index (χ4v) is 7.53. The fraction of sp³-hybridized carbons (Fsp3) is 0.611. The molecule has 1 atom stereocenters. The molecule has 3 N–H and O–H groups in total. The van der Waals surface area contributed by atoms with Gasteiger partial charge in [0.2, 0.25) is 21.8 Å². The van der Waals surface area contributed by atoms with E-state index in [4.69, 9.17) is 14.5 Å². The van der Waals surface area contributed by atoms with Gasteiger partial charge < -0.3 is 20.1 Å². The van der Waals surface area contributed by atoms with E-state index in [1.54, 1.807) is 26.0 Å². The van der Waals surface area contributed by atoms with Crippen molar-refractivity contribution in [3.8, 4) is 5.75 Å². The standard InChI is InChI=1S/C36H54N4O7S/c1-25(2)12-10-20-37-33(41)17-11-21-47-30-22-26(3)35(27(4)23-30)48(44,45)40-32(36(43)46-5)24-38-34(42)16-9-7-14-29-19-18-28-13-6-8-15-31(28)39-29/h18-19,22-23,25,32,40H,6-17,20-21,24H2,1-5H3,(H,37,41)(H,38,42). The van der Waals surface area contributed by atoms with Crippen LogP contribution in [0, 0.1) is 19.8 Å². The normalized spacial score (nSPS) is 13.5. The molecule has 0 fully saturated rings. The molecule has 2 aromatic rings.